The van der Waals surface area contributed by atoms with Gasteiger partial charge in [-0.15, -0.1) is 0 Å². The normalized spacial score (nSPS) is 13.0. The van der Waals surface area contributed by atoms with Gasteiger partial charge in [0, 0.05) is 13.1 Å². The number of aliphatic carboxylic acids is 1. The number of carbonyl (C=O) groups is 1. The predicted molar refractivity (Wildman–Crippen MR) is 114 cm³/mol. The summed E-state index contributed by atoms with van der Waals surface area (Å²) in [7, 11) is 0. The minimum absolute atomic E-state index is 0.0578. The van der Waals surface area contributed by atoms with Crippen LogP contribution in [0.3, 0.4) is 0 Å². The number of nitrogens with one attached hydrogen (secondary N) is 1. The van der Waals surface area contributed by atoms with Gasteiger partial charge in [0.25, 0.3) is 6.01 Å². The summed E-state index contributed by atoms with van der Waals surface area (Å²) in [6.45, 7) is 11.6. The number of anilines is 3. The molecule has 1 unspecified atom stereocenters. The molecule has 0 spiro atoms. The molecule has 6 nitrogen and oxygen atoms in total. The van der Waals surface area contributed by atoms with Gasteiger partial charge in [-0.3, -0.25) is 4.79 Å². The van der Waals surface area contributed by atoms with E-state index in [0.29, 0.717) is 23.8 Å². The van der Waals surface area contributed by atoms with E-state index in [-0.39, 0.29) is 18.4 Å². The van der Waals surface area contributed by atoms with Crippen LogP contribution in [0.25, 0.3) is 0 Å². The lowest BCUT2D eigenvalue weighted by molar-refractivity contribution is -0.141. The van der Waals surface area contributed by atoms with Crippen LogP contribution in [0.1, 0.15) is 58.2 Å². The van der Waals surface area contributed by atoms with Crippen LogP contribution in [-0.4, -0.2) is 29.1 Å². The summed E-state index contributed by atoms with van der Waals surface area (Å²) in [6.07, 6.45) is -4.10. The highest BCUT2D eigenvalue weighted by Crippen LogP contribution is 2.35. The maximum absolute atomic E-state index is 12.9. The van der Waals surface area contributed by atoms with Gasteiger partial charge in [0.05, 0.1) is 17.8 Å². The minimum Gasteiger partial charge on any atom is -0.481 e. The summed E-state index contributed by atoms with van der Waals surface area (Å²) in [5.74, 6) is -0.479. The van der Waals surface area contributed by atoms with E-state index in [1.165, 1.54) is 0 Å². The van der Waals surface area contributed by atoms with Crippen LogP contribution >= 0.6 is 0 Å². The highest BCUT2D eigenvalue weighted by molar-refractivity contribution is 5.75. The molecular weight excluding hydrogens is 411 g/mol. The number of carboxylic acid groups (broad SMARTS) is 1. The first kappa shape index (κ1) is 24.6. The molecule has 0 bridgehead atoms. The number of benzene rings is 1. The topological polar surface area (TPSA) is 78.6 Å². The number of aromatic nitrogens is 1. The van der Waals surface area contributed by atoms with E-state index >= 15 is 0 Å². The van der Waals surface area contributed by atoms with Crippen molar-refractivity contribution in [2.75, 3.05) is 23.3 Å². The second-order valence-electron chi connectivity index (χ2n) is 8.63. The average molecular weight is 441 g/mol. The molecule has 2 aromatic rings. The Morgan fingerprint density at radius 2 is 1.77 bits per heavy atom. The van der Waals surface area contributed by atoms with Crippen molar-refractivity contribution < 1.29 is 27.5 Å². The Kier molecular flexibility index (Phi) is 7.97. The van der Waals surface area contributed by atoms with E-state index in [9.17, 15) is 18.0 Å². The molecule has 1 heterocycles. The van der Waals surface area contributed by atoms with E-state index in [4.69, 9.17) is 9.52 Å². The first-order chi connectivity index (χ1) is 14.4. The van der Waals surface area contributed by atoms with E-state index in [0.717, 1.165) is 24.3 Å². The maximum Gasteiger partial charge on any atom is 0.436 e. The van der Waals surface area contributed by atoms with Gasteiger partial charge in [-0.1, -0.05) is 40.7 Å². The van der Waals surface area contributed by atoms with Crippen LogP contribution in [0.15, 0.2) is 28.9 Å². The van der Waals surface area contributed by atoms with Gasteiger partial charge in [-0.05, 0) is 35.4 Å². The van der Waals surface area contributed by atoms with Crippen molar-refractivity contribution in [1.29, 1.82) is 0 Å². The second-order valence-corrected chi connectivity index (χ2v) is 8.63. The summed E-state index contributed by atoms with van der Waals surface area (Å²) in [5.41, 5.74) is 0.950. The predicted octanol–water partition coefficient (Wildman–Crippen LogP) is 6.13. The van der Waals surface area contributed by atoms with Crippen molar-refractivity contribution in [1.82, 2.24) is 4.98 Å². The standard InChI is InChI=1S/C22H30F3N3O3/c1-13(2)10-28(11-14(3)4)18-7-6-16(15(5)8-20(29)30)9-17(18)26-21-27-19(12-31-21)22(23,24)25/h6-7,9,12-15H,8,10-11H2,1-5H3,(H,26,27)(H,29,30). The highest BCUT2D eigenvalue weighted by Gasteiger charge is 2.35. The van der Waals surface area contributed by atoms with Crippen molar-refractivity contribution in [2.24, 2.45) is 11.8 Å². The molecule has 0 radical (unpaired) electrons. The Morgan fingerprint density at radius 3 is 2.26 bits per heavy atom. The van der Waals surface area contributed by atoms with Crippen molar-refractivity contribution in [3.63, 3.8) is 0 Å². The van der Waals surface area contributed by atoms with Crippen LogP contribution in [0.2, 0.25) is 0 Å². The first-order valence-corrected chi connectivity index (χ1v) is 10.3. The van der Waals surface area contributed by atoms with Crippen LogP contribution in [-0.2, 0) is 11.0 Å². The molecule has 0 saturated carbocycles. The van der Waals surface area contributed by atoms with Gasteiger partial charge in [0.1, 0.15) is 6.26 Å². The summed E-state index contributed by atoms with van der Waals surface area (Å²) in [4.78, 5) is 16.8. The van der Waals surface area contributed by atoms with Crippen molar-refractivity contribution >= 4 is 23.4 Å². The molecule has 0 aliphatic heterocycles. The molecule has 0 amide bonds. The van der Waals surface area contributed by atoms with E-state index in [1.807, 2.05) is 12.1 Å². The minimum atomic E-state index is -4.61. The Hall–Kier alpha value is -2.71. The molecule has 9 heteroatoms. The van der Waals surface area contributed by atoms with Crippen molar-refractivity contribution in [2.45, 2.75) is 53.1 Å². The maximum atomic E-state index is 12.9. The Balaban J connectivity index is 2.47. The number of carboxylic acids is 1. The molecule has 172 valence electrons. The van der Waals surface area contributed by atoms with Crippen LogP contribution in [0.5, 0.6) is 0 Å². The number of hydrogen-bond donors (Lipinski definition) is 2. The largest absolute Gasteiger partial charge is 0.481 e. The average Bonchev–Trinajstić information content (AvgIpc) is 3.08. The van der Waals surface area contributed by atoms with E-state index in [1.54, 1.807) is 13.0 Å². The zero-order valence-electron chi connectivity index (χ0n) is 18.5. The zero-order chi connectivity index (χ0) is 23.3. The summed E-state index contributed by atoms with van der Waals surface area (Å²) < 4.78 is 43.7. The lowest BCUT2D eigenvalue weighted by atomic mass is 9.96. The third-order valence-corrected chi connectivity index (χ3v) is 4.62. The van der Waals surface area contributed by atoms with E-state index in [2.05, 4.69) is 42.9 Å². The molecule has 0 fully saturated rings. The summed E-state index contributed by atoms with van der Waals surface area (Å²) >= 11 is 0. The Bertz CT molecular complexity index is 868. The second kappa shape index (κ2) is 10.1. The number of hydrogen-bond acceptors (Lipinski definition) is 5. The van der Waals surface area contributed by atoms with Gasteiger partial charge in [0.15, 0.2) is 5.69 Å². The fourth-order valence-corrected chi connectivity index (χ4v) is 3.35. The summed E-state index contributed by atoms with van der Waals surface area (Å²) in [6, 6.07) is 5.21. The molecule has 0 aliphatic rings. The first-order valence-electron chi connectivity index (χ1n) is 10.3. The molecule has 1 aromatic heterocycles. The van der Waals surface area contributed by atoms with Crippen molar-refractivity contribution in [3.8, 4) is 0 Å². The molecule has 2 N–H and O–H groups in total. The fourth-order valence-electron chi connectivity index (χ4n) is 3.35. The highest BCUT2D eigenvalue weighted by atomic mass is 19.4. The molecule has 0 aliphatic carbocycles. The molecule has 31 heavy (non-hydrogen) atoms. The van der Waals surface area contributed by atoms with Crippen molar-refractivity contribution in [3.05, 3.63) is 35.7 Å². The van der Waals surface area contributed by atoms with E-state index < -0.39 is 17.8 Å². The lowest BCUT2D eigenvalue weighted by Crippen LogP contribution is -2.31. The Morgan fingerprint density at radius 1 is 1.16 bits per heavy atom. The lowest BCUT2D eigenvalue weighted by Gasteiger charge is -2.31. The third-order valence-electron chi connectivity index (χ3n) is 4.62. The smallest absolute Gasteiger partial charge is 0.436 e. The molecule has 0 saturated heterocycles. The number of alkyl halides is 3. The quantitative estimate of drug-likeness (QED) is 0.462. The van der Waals surface area contributed by atoms with Crippen LogP contribution in [0, 0.1) is 11.8 Å². The molecular formula is C22H30F3N3O3. The number of halogens is 3. The van der Waals surface area contributed by atoms with Crippen LogP contribution in [0.4, 0.5) is 30.6 Å². The number of nitrogens with zero attached hydrogens (tertiary/aromatic N) is 2. The van der Waals surface area contributed by atoms with Gasteiger partial charge in [-0.25, -0.2) is 0 Å². The number of oxazole rings is 1. The van der Waals surface area contributed by atoms with Gasteiger partial charge in [-0.2, -0.15) is 18.2 Å². The summed E-state index contributed by atoms with van der Waals surface area (Å²) in [5, 5.41) is 12.0. The monoisotopic (exact) mass is 441 g/mol. The third kappa shape index (κ3) is 7.18. The van der Waals surface area contributed by atoms with Crippen LogP contribution < -0.4 is 10.2 Å². The van der Waals surface area contributed by atoms with Gasteiger partial charge < -0.3 is 19.7 Å². The SMILES string of the molecule is CC(C)CN(CC(C)C)c1ccc(C(C)CC(=O)O)cc1Nc1nc(C(F)(F)F)co1. The fraction of sp³-hybridized carbons (Fsp3) is 0.545. The van der Waals surface area contributed by atoms with Gasteiger partial charge >= 0.3 is 12.1 Å². The molecule has 1 aromatic carbocycles. The Labute approximate surface area is 180 Å². The molecule has 2 rings (SSSR count). The van der Waals surface area contributed by atoms with Gasteiger partial charge in [0.2, 0.25) is 0 Å². The number of rotatable bonds is 10. The zero-order valence-corrected chi connectivity index (χ0v) is 18.5. The molecule has 1 atom stereocenters.